The van der Waals surface area contributed by atoms with Gasteiger partial charge in [-0.3, -0.25) is 14.7 Å². The molecule has 3 aromatic carbocycles. The first-order chi connectivity index (χ1) is 12.2. The van der Waals surface area contributed by atoms with Crippen LogP contribution in [0.15, 0.2) is 78.9 Å². The molecule has 4 nitrogen and oxygen atoms in total. The van der Waals surface area contributed by atoms with Crippen LogP contribution < -0.4 is 5.32 Å². The molecule has 0 saturated heterocycles. The van der Waals surface area contributed by atoms with Crippen LogP contribution in [-0.4, -0.2) is 15.5 Å². The van der Waals surface area contributed by atoms with Crippen molar-refractivity contribution in [3.05, 3.63) is 90.2 Å². The lowest BCUT2D eigenvalue weighted by molar-refractivity contribution is 0.102. The number of rotatable bonds is 3. The van der Waals surface area contributed by atoms with Gasteiger partial charge in [-0.15, -0.1) is 0 Å². The number of nitrogens with one attached hydrogen (secondary N) is 1. The van der Waals surface area contributed by atoms with Crippen LogP contribution in [0.2, 0.25) is 0 Å². The summed E-state index contributed by atoms with van der Waals surface area (Å²) in [4.78, 5) is 17.0. The summed E-state index contributed by atoms with van der Waals surface area (Å²) < 4.78 is 14.9. The highest BCUT2D eigenvalue weighted by Gasteiger charge is 2.15. The molecule has 1 N–H and O–H groups in total. The second-order valence-corrected chi connectivity index (χ2v) is 5.56. The molecular formula is C20H14FN3O. The van der Waals surface area contributed by atoms with Crippen molar-refractivity contribution in [2.45, 2.75) is 0 Å². The fraction of sp³-hybridized carbons (Fsp3) is 0. The van der Waals surface area contributed by atoms with Gasteiger partial charge < -0.3 is 0 Å². The number of carbonyl (C=O) groups is 1. The van der Waals surface area contributed by atoms with Crippen LogP contribution in [0.3, 0.4) is 0 Å². The van der Waals surface area contributed by atoms with Crippen LogP contribution in [-0.2, 0) is 0 Å². The number of amides is 1. The van der Waals surface area contributed by atoms with Crippen molar-refractivity contribution >= 4 is 22.9 Å². The topological polar surface area (TPSA) is 46.9 Å². The number of fused-ring (bicyclic) bond motifs is 1. The van der Waals surface area contributed by atoms with E-state index < -0.39 is 0 Å². The normalized spacial score (nSPS) is 10.8. The molecule has 0 saturated carbocycles. The molecule has 4 rings (SSSR count). The van der Waals surface area contributed by atoms with Crippen molar-refractivity contribution in [3.8, 4) is 5.69 Å². The number of anilines is 1. The molecular weight excluding hydrogens is 317 g/mol. The minimum atomic E-state index is -0.381. The first-order valence-electron chi connectivity index (χ1n) is 7.82. The second kappa shape index (κ2) is 6.20. The van der Waals surface area contributed by atoms with Gasteiger partial charge in [-0.25, -0.2) is 9.37 Å². The highest BCUT2D eigenvalue weighted by molar-refractivity contribution is 6.04. The molecule has 1 aromatic heterocycles. The monoisotopic (exact) mass is 331 g/mol. The average molecular weight is 331 g/mol. The van der Waals surface area contributed by atoms with Gasteiger partial charge in [0.1, 0.15) is 5.82 Å². The standard InChI is InChI=1S/C20H14FN3O/c21-15-12-10-14(11-13-15)19(25)23-20-22-17-8-4-5-9-18(17)24(20)16-6-2-1-3-7-16/h1-13H,(H,22,23,25). The van der Waals surface area contributed by atoms with E-state index in [1.54, 1.807) is 0 Å². The summed E-state index contributed by atoms with van der Waals surface area (Å²) in [6, 6.07) is 22.7. The van der Waals surface area contributed by atoms with Crippen molar-refractivity contribution in [2.24, 2.45) is 0 Å². The Morgan fingerprint density at radius 2 is 1.56 bits per heavy atom. The smallest absolute Gasteiger partial charge is 0.257 e. The van der Waals surface area contributed by atoms with Crippen molar-refractivity contribution in [2.75, 3.05) is 5.32 Å². The van der Waals surface area contributed by atoms with Crippen molar-refractivity contribution < 1.29 is 9.18 Å². The van der Waals surface area contributed by atoms with Gasteiger partial charge in [-0.1, -0.05) is 30.3 Å². The van der Waals surface area contributed by atoms with Gasteiger partial charge in [0, 0.05) is 11.3 Å². The molecule has 4 aromatic rings. The van der Waals surface area contributed by atoms with Crippen molar-refractivity contribution in [1.29, 1.82) is 0 Å². The highest BCUT2D eigenvalue weighted by atomic mass is 19.1. The number of aromatic nitrogens is 2. The Balaban J connectivity index is 1.79. The van der Waals surface area contributed by atoms with Crippen LogP contribution >= 0.6 is 0 Å². The number of carbonyl (C=O) groups excluding carboxylic acids is 1. The maximum absolute atomic E-state index is 13.1. The Labute approximate surface area is 143 Å². The zero-order chi connectivity index (χ0) is 17.2. The molecule has 0 aliphatic carbocycles. The van der Waals surface area contributed by atoms with E-state index in [-0.39, 0.29) is 11.7 Å². The van der Waals surface area contributed by atoms with E-state index in [1.807, 2.05) is 59.2 Å². The van der Waals surface area contributed by atoms with Gasteiger partial charge in [0.15, 0.2) is 0 Å². The van der Waals surface area contributed by atoms with Crippen LogP contribution in [0, 0.1) is 5.82 Å². The number of imidazole rings is 1. The number of benzene rings is 3. The number of hydrogen-bond acceptors (Lipinski definition) is 2. The summed E-state index contributed by atoms with van der Waals surface area (Å²) in [5, 5.41) is 2.82. The van der Waals surface area contributed by atoms with Crippen LogP contribution in [0.1, 0.15) is 10.4 Å². The molecule has 1 amide bonds. The number of para-hydroxylation sites is 3. The van der Waals surface area contributed by atoms with E-state index in [0.29, 0.717) is 11.5 Å². The lowest BCUT2D eigenvalue weighted by Crippen LogP contribution is -2.15. The van der Waals surface area contributed by atoms with Gasteiger partial charge in [-0.05, 0) is 48.5 Å². The van der Waals surface area contributed by atoms with E-state index in [2.05, 4.69) is 10.3 Å². The number of halogens is 1. The van der Waals surface area contributed by atoms with Gasteiger partial charge in [0.05, 0.1) is 11.0 Å². The molecule has 0 aliphatic heterocycles. The number of nitrogens with zero attached hydrogens (tertiary/aromatic N) is 2. The zero-order valence-electron chi connectivity index (χ0n) is 13.2. The maximum atomic E-state index is 13.1. The summed E-state index contributed by atoms with van der Waals surface area (Å²) in [6.45, 7) is 0. The number of hydrogen-bond donors (Lipinski definition) is 1. The van der Waals surface area contributed by atoms with Crippen molar-refractivity contribution in [3.63, 3.8) is 0 Å². The minimum Gasteiger partial charge on any atom is -0.292 e. The molecule has 25 heavy (non-hydrogen) atoms. The van der Waals surface area contributed by atoms with Crippen LogP contribution in [0.5, 0.6) is 0 Å². The summed E-state index contributed by atoms with van der Waals surface area (Å²) in [7, 11) is 0. The zero-order valence-corrected chi connectivity index (χ0v) is 13.2. The van der Waals surface area contributed by atoms with E-state index >= 15 is 0 Å². The highest BCUT2D eigenvalue weighted by Crippen LogP contribution is 2.24. The molecule has 0 bridgehead atoms. The molecule has 0 aliphatic rings. The third-order valence-corrected chi connectivity index (χ3v) is 3.91. The van der Waals surface area contributed by atoms with Gasteiger partial charge in [0.25, 0.3) is 5.91 Å². The molecule has 0 unspecified atom stereocenters. The molecule has 5 heteroatoms. The third-order valence-electron chi connectivity index (χ3n) is 3.91. The van der Waals surface area contributed by atoms with Crippen molar-refractivity contribution in [1.82, 2.24) is 9.55 Å². The van der Waals surface area contributed by atoms with Crippen LogP contribution in [0.25, 0.3) is 16.7 Å². The molecule has 0 spiro atoms. The SMILES string of the molecule is O=C(Nc1nc2ccccc2n1-c1ccccc1)c1ccc(F)cc1. The van der Waals surface area contributed by atoms with E-state index in [9.17, 15) is 9.18 Å². The van der Waals surface area contributed by atoms with Gasteiger partial charge in [0.2, 0.25) is 5.95 Å². The van der Waals surface area contributed by atoms with E-state index in [1.165, 1.54) is 24.3 Å². The first-order valence-corrected chi connectivity index (χ1v) is 7.82. The van der Waals surface area contributed by atoms with Crippen LogP contribution in [0.4, 0.5) is 10.3 Å². The Bertz CT molecular complexity index is 1040. The quantitative estimate of drug-likeness (QED) is 0.604. The molecule has 0 atom stereocenters. The second-order valence-electron chi connectivity index (χ2n) is 5.56. The lowest BCUT2D eigenvalue weighted by Gasteiger charge is -2.10. The molecule has 0 radical (unpaired) electrons. The summed E-state index contributed by atoms with van der Waals surface area (Å²) in [6.07, 6.45) is 0. The molecule has 0 fully saturated rings. The fourth-order valence-corrected chi connectivity index (χ4v) is 2.72. The molecule has 122 valence electrons. The Hall–Kier alpha value is -3.47. The summed E-state index contributed by atoms with van der Waals surface area (Å²) in [5.41, 5.74) is 2.93. The Kier molecular flexibility index (Phi) is 3.74. The largest absolute Gasteiger partial charge is 0.292 e. The third kappa shape index (κ3) is 2.87. The molecule has 1 heterocycles. The fourth-order valence-electron chi connectivity index (χ4n) is 2.72. The predicted octanol–water partition coefficient (Wildman–Crippen LogP) is 4.42. The predicted molar refractivity (Wildman–Crippen MR) is 95.4 cm³/mol. The Morgan fingerprint density at radius 1 is 0.880 bits per heavy atom. The minimum absolute atomic E-state index is 0.340. The Morgan fingerprint density at radius 3 is 2.32 bits per heavy atom. The summed E-state index contributed by atoms with van der Waals surface area (Å²) >= 11 is 0. The summed E-state index contributed by atoms with van der Waals surface area (Å²) in [5.74, 6) is -0.303. The maximum Gasteiger partial charge on any atom is 0.257 e. The van der Waals surface area contributed by atoms with Gasteiger partial charge in [-0.2, -0.15) is 0 Å². The first kappa shape index (κ1) is 15.1. The lowest BCUT2D eigenvalue weighted by atomic mass is 10.2. The van der Waals surface area contributed by atoms with Gasteiger partial charge >= 0.3 is 0 Å². The van der Waals surface area contributed by atoms with E-state index in [4.69, 9.17) is 0 Å². The average Bonchev–Trinajstić information content (AvgIpc) is 3.00. The van der Waals surface area contributed by atoms with E-state index in [0.717, 1.165) is 16.7 Å².